The number of nitrogens with two attached hydrogens (primary N) is 1. The van der Waals surface area contributed by atoms with Crippen LogP contribution in [0.1, 0.15) is 17.4 Å². The van der Waals surface area contributed by atoms with E-state index in [9.17, 15) is 0 Å². The number of furan rings is 1. The molecular weight excluding hydrogens is 449 g/mol. The van der Waals surface area contributed by atoms with Gasteiger partial charge in [0.05, 0.1) is 6.04 Å². The minimum absolute atomic E-state index is 0.254. The van der Waals surface area contributed by atoms with E-state index in [0.717, 1.165) is 19.4 Å². The molecule has 2 aromatic rings. The van der Waals surface area contributed by atoms with Crippen molar-refractivity contribution in [3.8, 4) is 0 Å². The van der Waals surface area contributed by atoms with Crippen LogP contribution in [0.2, 0.25) is 0 Å². The fraction of sp³-hybridized carbons (Fsp3) is 0.0909. The van der Waals surface area contributed by atoms with Crippen LogP contribution >= 0.6 is 54.5 Å². The van der Waals surface area contributed by atoms with Gasteiger partial charge in [-0.2, -0.15) is 0 Å². The quantitative estimate of drug-likeness (QED) is 0.678. The van der Waals surface area contributed by atoms with Gasteiger partial charge in [-0.1, -0.05) is 15.9 Å². The number of benzene rings is 1. The zero-order valence-electron chi connectivity index (χ0n) is 8.08. The van der Waals surface area contributed by atoms with Crippen molar-refractivity contribution in [1.82, 2.24) is 0 Å². The summed E-state index contributed by atoms with van der Waals surface area (Å²) in [6.45, 7) is 0. The molecule has 0 aliphatic heterocycles. The van der Waals surface area contributed by atoms with Crippen molar-refractivity contribution in [2.24, 2.45) is 5.73 Å². The first kappa shape index (κ1) is 12.6. The summed E-state index contributed by atoms with van der Waals surface area (Å²) < 4.78 is 8.30. The van der Waals surface area contributed by atoms with Gasteiger partial charge in [-0.15, -0.1) is 0 Å². The first-order chi connectivity index (χ1) is 7.58. The highest BCUT2D eigenvalue weighted by Gasteiger charge is 2.15. The van der Waals surface area contributed by atoms with Crippen LogP contribution in [-0.4, -0.2) is 0 Å². The maximum absolute atomic E-state index is 6.15. The van der Waals surface area contributed by atoms with Crippen LogP contribution in [0.25, 0.3) is 0 Å². The van der Waals surface area contributed by atoms with Crippen molar-refractivity contribution in [2.45, 2.75) is 6.04 Å². The fourth-order valence-electron chi connectivity index (χ4n) is 1.40. The molecular formula is C11H8Br2INO. The molecule has 5 heteroatoms. The molecule has 16 heavy (non-hydrogen) atoms. The van der Waals surface area contributed by atoms with Crippen molar-refractivity contribution in [3.63, 3.8) is 0 Å². The Balaban J connectivity index is 2.40. The molecule has 0 radical (unpaired) electrons. The zero-order valence-corrected chi connectivity index (χ0v) is 13.4. The molecule has 0 aliphatic rings. The van der Waals surface area contributed by atoms with E-state index in [1.54, 1.807) is 0 Å². The fourth-order valence-corrected chi connectivity index (χ4v) is 2.73. The summed E-state index contributed by atoms with van der Waals surface area (Å²) in [7, 11) is 0. The lowest BCUT2D eigenvalue weighted by molar-refractivity contribution is 0.470. The molecule has 0 spiro atoms. The van der Waals surface area contributed by atoms with Gasteiger partial charge in [-0.25, -0.2) is 0 Å². The Morgan fingerprint density at radius 1 is 1.19 bits per heavy atom. The van der Waals surface area contributed by atoms with E-state index in [-0.39, 0.29) is 6.04 Å². The standard InChI is InChI=1S/C11H8Br2INO/c12-8-2-1-6(14)5-7(8)11(15)9-3-4-10(13)16-9/h1-5,11H,15H2. The molecule has 1 atom stereocenters. The second kappa shape index (κ2) is 5.20. The highest BCUT2D eigenvalue weighted by Crippen LogP contribution is 2.30. The molecule has 2 N–H and O–H groups in total. The summed E-state index contributed by atoms with van der Waals surface area (Å²) in [5.74, 6) is 0.745. The summed E-state index contributed by atoms with van der Waals surface area (Å²) in [5, 5.41) is 0. The van der Waals surface area contributed by atoms with E-state index in [4.69, 9.17) is 10.2 Å². The van der Waals surface area contributed by atoms with Crippen LogP contribution in [0, 0.1) is 3.57 Å². The summed E-state index contributed by atoms with van der Waals surface area (Å²) >= 11 is 9.03. The van der Waals surface area contributed by atoms with Crippen LogP contribution in [0.15, 0.2) is 43.9 Å². The minimum Gasteiger partial charge on any atom is -0.452 e. The molecule has 0 fully saturated rings. The molecule has 2 rings (SSSR count). The summed E-state index contributed by atoms with van der Waals surface area (Å²) in [6, 6.07) is 9.54. The van der Waals surface area contributed by atoms with E-state index in [1.807, 2.05) is 30.3 Å². The summed E-state index contributed by atoms with van der Waals surface area (Å²) in [4.78, 5) is 0. The predicted molar refractivity (Wildman–Crippen MR) is 79.3 cm³/mol. The lowest BCUT2D eigenvalue weighted by Gasteiger charge is -2.11. The average molecular weight is 457 g/mol. The van der Waals surface area contributed by atoms with Crippen molar-refractivity contribution in [3.05, 3.63) is 54.4 Å². The Bertz CT molecular complexity index is 512. The molecule has 0 bridgehead atoms. The predicted octanol–water partition coefficient (Wildman–Crippen LogP) is 4.46. The summed E-state index contributed by atoms with van der Waals surface area (Å²) in [5.41, 5.74) is 7.17. The van der Waals surface area contributed by atoms with E-state index < -0.39 is 0 Å². The van der Waals surface area contributed by atoms with Gasteiger partial charge in [0.25, 0.3) is 0 Å². The Morgan fingerprint density at radius 2 is 1.94 bits per heavy atom. The van der Waals surface area contributed by atoms with Crippen LogP contribution in [0.5, 0.6) is 0 Å². The first-order valence-electron chi connectivity index (χ1n) is 4.53. The van der Waals surface area contributed by atoms with E-state index in [1.165, 1.54) is 0 Å². The lowest BCUT2D eigenvalue weighted by atomic mass is 10.1. The second-order valence-corrected chi connectivity index (χ2v) is 6.17. The molecule has 0 aliphatic carbocycles. The number of hydrogen-bond acceptors (Lipinski definition) is 2. The third kappa shape index (κ3) is 2.69. The van der Waals surface area contributed by atoms with Crippen LogP contribution < -0.4 is 5.73 Å². The smallest absolute Gasteiger partial charge is 0.169 e. The second-order valence-electron chi connectivity index (χ2n) is 3.29. The normalized spacial score (nSPS) is 12.8. The van der Waals surface area contributed by atoms with Crippen LogP contribution in [0.4, 0.5) is 0 Å². The Hall–Kier alpha value is 0.150. The maximum Gasteiger partial charge on any atom is 0.169 e. The molecule has 2 nitrogen and oxygen atoms in total. The highest BCUT2D eigenvalue weighted by molar-refractivity contribution is 14.1. The monoisotopic (exact) mass is 455 g/mol. The highest BCUT2D eigenvalue weighted by atomic mass is 127. The topological polar surface area (TPSA) is 39.2 Å². The van der Waals surface area contributed by atoms with Crippen molar-refractivity contribution >= 4 is 54.5 Å². The zero-order chi connectivity index (χ0) is 11.7. The van der Waals surface area contributed by atoms with Crippen molar-refractivity contribution in [2.75, 3.05) is 0 Å². The average Bonchev–Trinajstić information content (AvgIpc) is 2.67. The third-order valence-corrected chi connectivity index (χ3v) is 4.01. The van der Waals surface area contributed by atoms with E-state index in [2.05, 4.69) is 54.5 Å². The van der Waals surface area contributed by atoms with Crippen LogP contribution in [-0.2, 0) is 0 Å². The largest absolute Gasteiger partial charge is 0.452 e. The Labute approximate surface area is 124 Å². The summed E-state index contributed by atoms with van der Waals surface area (Å²) in [6.07, 6.45) is 0. The van der Waals surface area contributed by atoms with Gasteiger partial charge >= 0.3 is 0 Å². The van der Waals surface area contributed by atoms with Gasteiger partial charge in [0.1, 0.15) is 5.76 Å². The third-order valence-electron chi connectivity index (χ3n) is 2.19. The first-order valence-corrected chi connectivity index (χ1v) is 7.20. The molecule has 1 unspecified atom stereocenters. The molecule has 84 valence electrons. The van der Waals surface area contributed by atoms with Crippen molar-refractivity contribution < 1.29 is 4.42 Å². The number of hydrogen-bond donors (Lipinski definition) is 1. The lowest BCUT2D eigenvalue weighted by Crippen LogP contribution is -2.11. The van der Waals surface area contributed by atoms with Gasteiger partial charge < -0.3 is 10.2 Å². The molecule has 0 saturated heterocycles. The Morgan fingerprint density at radius 3 is 2.56 bits per heavy atom. The van der Waals surface area contributed by atoms with Gasteiger partial charge in [-0.3, -0.25) is 0 Å². The van der Waals surface area contributed by atoms with E-state index in [0.29, 0.717) is 4.67 Å². The minimum atomic E-state index is -0.254. The molecule has 1 aromatic carbocycles. The number of rotatable bonds is 2. The molecule has 1 heterocycles. The molecule has 1 aromatic heterocycles. The van der Waals surface area contributed by atoms with Gasteiger partial charge in [0, 0.05) is 8.04 Å². The van der Waals surface area contributed by atoms with E-state index >= 15 is 0 Å². The maximum atomic E-state index is 6.15. The Kier molecular flexibility index (Phi) is 4.10. The van der Waals surface area contributed by atoms with Crippen LogP contribution in [0.3, 0.4) is 0 Å². The molecule has 0 saturated carbocycles. The van der Waals surface area contributed by atoms with Gasteiger partial charge in [0.15, 0.2) is 4.67 Å². The molecule has 0 amide bonds. The van der Waals surface area contributed by atoms with Gasteiger partial charge in [0.2, 0.25) is 0 Å². The SMILES string of the molecule is NC(c1ccc(Br)o1)c1cc(I)ccc1Br. The van der Waals surface area contributed by atoms with Crippen molar-refractivity contribution in [1.29, 1.82) is 0 Å². The number of halogens is 3. The van der Waals surface area contributed by atoms with Gasteiger partial charge in [-0.05, 0) is 74.4 Å².